The molecule has 1 aliphatic carbocycles. The Morgan fingerprint density at radius 2 is 1.89 bits per heavy atom. The molecule has 1 fully saturated rings. The van der Waals surface area contributed by atoms with Crippen LogP contribution in [0.3, 0.4) is 0 Å². The normalized spacial score (nSPS) is 24.2. The highest BCUT2D eigenvalue weighted by Gasteiger charge is 2.61. The summed E-state index contributed by atoms with van der Waals surface area (Å²) in [4.78, 5) is 12.0. The largest absolute Gasteiger partial charge is 0.426 e. The van der Waals surface area contributed by atoms with Crippen molar-refractivity contribution in [3.05, 3.63) is 40.9 Å². The standard InChI is InChI=1S/C14H14Cl2O2/c1-14(2)10(8-11(15)16)12(14)13(17)18-9-6-4-3-5-7-9/h3-8,10,12H,1-2H3/t10-,12-/m1/s1. The number of rotatable bonds is 3. The van der Waals surface area contributed by atoms with E-state index in [4.69, 9.17) is 27.9 Å². The van der Waals surface area contributed by atoms with E-state index in [9.17, 15) is 4.79 Å². The van der Waals surface area contributed by atoms with Crippen LogP contribution in [0.5, 0.6) is 5.75 Å². The molecule has 0 radical (unpaired) electrons. The van der Waals surface area contributed by atoms with Gasteiger partial charge in [-0.2, -0.15) is 0 Å². The molecule has 4 heteroatoms. The predicted octanol–water partition coefficient (Wildman–Crippen LogP) is 4.18. The van der Waals surface area contributed by atoms with Gasteiger partial charge in [-0.3, -0.25) is 4.79 Å². The maximum atomic E-state index is 12.0. The molecule has 96 valence electrons. The van der Waals surface area contributed by atoms with Gasteiger partial charge < -0.3 is 4.74 Å². The van der Waals surface area contributed by atoms with Gasteiger partial charge in [0, 0.05) is 0 Å². The molecule has 1 aromatic carbocycles. The van der Waals surface area contributed by atoms with E-state index >= 15 is 0 Å². The van der Waals surface area contributed by atoms with Crippen molar-refractivity contribution in [1.82, 2.24) is 0 Å². The third-order valence-electron chi connectivity index (χ3n) is 3.43. The van der Waals surface area contributed by atoms with Crippen LogP contribution in [0.1, 0.15) is 13.8 Å². The highest BCUT2D eigenvalue weighted by Crippen LogP contribution is 2.60. The van der Waals surface area contributed by atoms with Gasteiger partial charge in [0.05, 0.1) is 5.92 Å². The van der Waals surface area contributed by atoms with Gasteiger partial charge in [-0.1, -0.05) is 55.2 Å². The average molecular weight is 285 g/mol. The van der Waals surface area contributed by atoms with Gasteiger partial charge in [-0.15, -0.1) is 0 Å². The number of benzene rings is 1. The summed E-state index contributed by atoms with van der Waals surface area (Å²) in [5, 5.41) is 0. The van der Waals surface area contributed by atoms with E-state index in [-0.39, 0.29) is 27.7 Å². The SMILES string of the molecule is CC1(C)[C@H](C=C(Cl)Cl)[C@@H]1C(=O)Oc1ccccc1. The molecule has 0 aromatic heterocycles. The lowest BCUT2D eigenvalue weighted by atomic mass is 10.1. The summed E-state index contributed by atoms with van der Waals surface area (Å²) in [5.74, 6) is 0.177. The summed E-state index contributed by atoms with van der Waals surface area (Å²) in [5.41, 5.74) is -0.152. The summed E-state index contributed by atoms with van der Waals surface area (Å²) in [6.07, 6.45) is 1.71. The van der Waals surface area contributed by atoms with E-state index in [0.29, 0.717) is 5.75 Å². The summed E-state index contributed by atoms with van der Waals surface area (Å²) in [6.45, 7) is 4.00. The highest BCUT2D eigenvalue weighted by molar-refractivity contribution is 6.55. The van der Waals surface area contributed by atoms with Gasteiger partial charge in [0.2, 0.25) is 0 Å². The zero-order valence-corrected chi connectivity index (χ0v) is 11.7. The van der Waals surface area contributed by atoms with Gasteiger partial charge >= 0.3 is 5.97 Å². The first kappa shape index (κ1) is 13.4. The zero-order valence-electron chi connectivity index (χ0n) is 10.2. The zero-order chi connectivity index (χ0) is 13.3. The quantitative estimate of drug-likeness (QED) is 0.615. The van der Waals surface area contributed by atoms with E-state index in [1.54, 1.807) is 18.2 Å². The van der Waals surface area contributed by atoms with E-state index in [0.717, 1.165) is 0 Å². The van der Waals surface area contributed by atoms with Gasteiger partial charge in [0.25, 0.3) is 0 Å². The second-order valence-electron chi connectivity index (χ2n) is 5.02. The molecule has 1 aliphatic rings. The van der Waals surface area contributed by atoms with Crippen molar-refractivity contribution in [3.8, 4) is 5.75 Å². The number of hydrogen-bond acceptors (Lipinski definition) is 2. The molecule has 0 amide bonds. The van der Waals surface area contributed by atoms with Crippen LogP contribution in [0.25, 0.3) is 0 Å². The highest BCUT2D eigenvalue weighted by atomic mass is 35.5. The van der Waals surface area contributed by atoms with Gasteiger partial charge in [0.15, 0.2) is 0 Å². The lowest BCUT2D eigenvalue weighted by Gasteiger charge is -2.04. The van der Waals surface area contributed by atoms with E-state index in [1.807, 2.05) is 32.0 Å². The Bertz CT molecular complexity index is 476. The minimum Gasteiger partial charge on any atom is -0.426 e. The maximum Gasteiger partial charge on any atom is 0.315 e. The molecule has 1 saturated carbocycles. The van der Waals surface area contributed by atoms with Crippen LogP contribution in [0, 0.1) is 17.3 Å². The molecule has 1 aromatic rings. The summed E-state index contributed by atoms with van der Waals surface area (Å²) in [7, 11) is 0. The third-order valence-corrected chi connectivity index (χ3v) is 3.68. The van der Waals surface area contributed by atoms with Crippen LogP contribution in [-0.4, -0.2) is 5.97 Å². The van der Waals surface area contributed by atoms with Crippen LogP contribution < -0.4 is 4.74 Å². The summed E-state index contributed by atoms with van der Waals surface area (Å²) in [6, 6.07) is 9.04. The Kier molecular flexibility index (Phi) is 3.69. The van der Waals surface area contributed by atoms with E-state index < -0.39 is 0 Å². The van der Waals surface area contributed by atoms with Crippen molar-refractivity contribution in [3.63, 3.8) is 0 Å². The van der Waals surface area contributed by atoms with E-state index in [2.05, 4.69) is 0 Å². The lowest BCUT2D eigenvalue weighted by molar-refractivity contribution is -0.136. The average Bonchev–Trinajstić information content (AvgIpc) is 2.80. The van der Waals surface area contributed by atoms with Crippen molar-refractivity contribution < 1.29 is 9.53 Å². The van der Waals surface area contributed by atoms with Crippen molar-refractivity contribution in [2.45, 2.75) is 13.8 Å². The Morgan fingerprint density at radius 1 is 1.28 bits per heavy atom. The number of para-hydroxylation sites is 1. The fourth-order valence-corrected chi connectivity index (χ4v) is 2.51. The number of carbonyl (C=O) groups is 1. The Hall–Kier alpha value is -0.990. The maximum absolute atomic E-state index is 12.0. The third kappa shape index (κ3) is 2.70. The fraction of sp³-hybridized carbons (Fsp3) is 0.357. The van der Waals surface area contributed by atoms with Crippen LogP contribution in [0.4, 0.5) is 0 Å². The number of esters is 1. The molecule has 0 heterocycles. The molecule has 0 saturated heterocycles. The topological polar surface area (TPSA) is 26.3 Å². The Morgan fingerprint density at radius 3 is 2.44 bits per heavy atom. The fourth-order valence-electron chi connectivity index (χ4n) is 2.24. The first-order valence-electron chi connectivity index (χ1n) is 5.72. The predicted molar refractivity (Wildman–Crippen MR) is 72.6 cm³/mol. The minimum atomic E-state index is -0.234. The number of ether oxygens (including phenoxy) is 1. The molecule has 0 unspecified atom stereocenters. The van der Waals surface area contributed by atoms with Crippen molar-refractivity contribution >= 4 is 29.2 Å². The van der Waals surface area contributed by atoms with Gasteiger partial charge in [-0.25, -0.2) is 0 Å². The molecule has 2 rings (SSSR count). The smallest absolute Gasteiger partial charge is 0.315 e. The van der Waals surface area contributed by atoms with Gasteiger partial charge in [0.1, 0.15) is 10.2 Å². The molecular formula is C14H14Cl2O2. The van der Waals surface area contributed by atoms with Crippen molar-refractivity contribution in [2.24, 2.45) is 17.3 Å². The van der Waals surface area contributed by atoms with Crippen LogP contribution in [0.15, 0.2) is 40.9 Å². The van der Waals surface area contributed by atoms with Crippen LogP contribution >= 0.6 is 23.2 Å². The van der Waals surface area contributed by atoms with Crippen molar-refractivity contribution in [2.75, 3.05) is 0 Å². The number of hydrogen-bond donors (Lipinski definition) is 0. The molecule has 18 heavy (non-hydrogen) atoms. The minimum absolute atomic E-state index is 0.0405. The molecule has 0 N–H and O–H groups in total. The monoisotopic (exact) mass is 284 g/mol. The number of allylic oxidation sites excluding steroid dienone is 1. The van der Waals surface area contributed by atoms with Crippen molar-refractivity contribution in [1.29, 1.82) is 0 Å². The second kappa shape index (κ2) is 4.94. The Labute approximate surface area is 117 Å². The molecule has 2 nitrogen and oxygen atoms in total. The summed E-state index contributed by atoms with van der Waals surface area (Å²) < 4.78 is 5.53. The first-order chi connectivity index (χ1) is 8.43. The molecule has 2 atom stereocenters. The number of halogens is 2. The van der Waals surface area contributed by atoms with E-state index in [1.165, 1.54) is 0 Å². The molecule has 0 spiro atoms. The van der Waals surface area contributed by atoms with Gasteiger partial charge in [-0.05, 0) is 29.5 Å². The molecule has 0 bridgehead atoms. The van der Waals surface area contributed by atoms with Crippen LogP contribution in [-0.2, 0) is 4.79 Å². The number of carbonyl (C=O) groups excluding carboxylic acids is 1. The van der Waals surface area contributed by atoms with Crippen LogP contribution in [0.2, 0.25) is 0 Å². The first-order valence-corrected chi connectivity index (χ1v) is 6.48. The molecule has 0 aliphatic heterocycles. The Balaban J connectivity index is 2.05. The summed E-state index contributed by atoms with van der Waals surface area (Å²) >= 11 is 11.3. The lowest BCUT2D eigenvalue weighted by Crippen LogP contribution is -2.13. The molecular weight excluding hydrogens is 271 g/mol. The second-order valence-corrected chi connectivity index (χ2v) is 6.02.